The minimum absolute atomic E-state index is 0.252. The molecule has 0 aliphatic heterocycles. The van der Waals surface area contributed by atoms with Gasteiger partial charge in [-0.25, -0.2) is 0 Å². The van der Waals surface area contributed by atoms with Crippen LogP contribution in [-0.4, -0.2) is 15.7 Å². The summed E-state index contributed by atoms with van der Waals surface area (Å²) in [6, 6.07) is 12.8. The molecule has 0 bridgehead atoms. The maximum atomic E-state index is 12.1. The molecule has 0 aliphatic carbocycles. The summed E-state index contributed by atoms with van der Waals surface area (Å²) in [6.45, 7) is 2.57. The van der Waals surface area contributed by atoms with Crippen LogP contribution in [0.4, 0.5) is 0 Å². The Morgan fingerprint density at radius 3 is 2.72 bits per heavy atom. The average Bonchev–Trinajstić information content (AvgIpc) is 3.19. The lowest BCUT2D eigenvalue weighted by Crippen LogP contribution is -2.22. The second-order valence-electron chi connectivity index (χ2n) is 5.59. The van der Waals surface area contributed by atoms with Gasteiger partial charge in [0.15, 0.2) is 5.76 Å². The first kappa shape index (κ1) is 17.3. The zero-order valence-electron chi connectivity index (χ0n) is 14.0. The monoisotopic (exact) mass is 403 g/mol. The molecule has 0 saturated heterocycles. The van der Waals surface area contributed by atoms with Crippen molar-refractivity contribution in [3.05, 3.63) is 69.8 Å². The SMILES string of the molecule is Cc1cc(CNC(=O)c2ccc(COc3ccc(Br)cc3)o2)nn1C. The van der Waals surface area contributed by atoms with Gasteiger partial charge in [-0.3, -0.25) is 9.48 Å². The van der Waals surface area contributed by atoms with Gasteiger partial charge in [-0.1, -0.05) is 15.9 Å². The second kappa shape index (κ2) is 7.57. The van der Waals surface area contributed by atoms with Gasteiger partial charge >= 0.3 is 0 Å². The average molecular weight is 404 g/mol. The smallest absolute Gasteiger partial charge is 0.287 e. The number of rotatable bonds is 6. The number of carbonyl (C=O) groups is 1. The molecule has 0 atom stereocenters. The summed E-state index contributed by atoms with van der Waals surface area (Å²) >= 11 is 3.37. The third kappa shape index (κ3) is 4.51. The lowest BCUT2D eigenvalue weighted by Gasteiger charge is -2.04. The van der Waals surface area contributed by atoms with Crippen molar-refractivity contribution in [2.45, 2.75) is 20.1 Å². The lowest BCUT2D eigenvalue weighted by molar-refractivity contribution is 0.0918. The van der Waals surface area contributed by atoms with Crippen LogP contribution in [0.2, 0.25) is 0 Å². The van der Waals surface area contributed by atoms with E-state index in [1.54, 1.807) is 16.8 Å². The molecule has 130 valence electrons. The van der Waals surface area contributed by atoms with Gasteiger partial charge in [0.2, 0.25) is 0 Å². The van der Waals surface area contributed by atoms with Crippen molar-refractivity contribution in [2.75, 3.05) is 0 Å². The van der Waals surface area contributed by atoms with E-state index in [9.17, 15) is 4.79 Å². The number of ether oxygens (including phenoxy) is 1. The number of nitrogens with one attached hydrogen (secondary N) is 1. The molecule has 2 aromatic heterocycles. The molecule has 0 radical (unpaired) electrons. The number of aromatic nitrogens is 2. The van der Waals surface area contributed by atoms with E-state index in [2.05, 4.69) is 26.3 Å². The van der Waals surface area contributed by atoms with Crippen LogP contribution in [-0.2, 0) is 20.2 Å². The molecule has 0 aliphatic rings. The van der Waals surface area contributed by atoms with Crippen LogP contribution in [0.15, 0.2) is 51.4 Å². The highest BCUT2D eigenvalue weighted by Gasteiger charge is 2.12. The quantitative estimate of drug-likeness (QED) is 0.682. The van der Waals surface area contributed by atoms with Gasteiger partial charge in [0.25, 0.3) is 5.91 Å². The van der Waals surface area contributed by atoms with Gasteiger partial charge in [0, 0.05) is 17.2 Å². The van der Waals surface area contributed by atoms with Crippen molar-refractivity contribution in [1.29, 1.82) is 0 Å². The van der Waals surface area contributed by atoms with Crippen molar-refractivity contribution in [3.8, 4) is 5.75 Å². The fourth-order valence-corrected chi connectivity index (χ4v) is 2.51. The molecule has 0 unspecified atom stereocenters. The fraction of sp³-hybridized carbons (Fsp3) is 0.222. The predicted molar refractivity (Wildman–Crippen MR) is 96.3 cm³/mol. The molecule has 25 heavy (non-hydrogen) atoms. The van der Waals surface area contributed by atoms with Crippen LogP contribution in [0.3, 0.4) is 0 Å². The highest BCUT2D eigenvalue weighted by atomic mass is 79.9. The molecule has 6 nitrogen and oxygen atoms in total. The third-order valence-electron chi connectivity index (χ3n) is 3.67. The Morgan fingerprint density at radius 2 is 2.04 bits per heavy atom. The summed E-state index contributed by atoms with van der Waals surface area (Å²) in [4.78, 5) is 12.1. The molecule has 1 amide bonds. The molecular formula is C18H18BrN3O3. The molecule has 3 aromatic rings. The maximum absolute atomic E-state index is 12.1. The minimum atomic E-state index is -0.279. The zero-order valence-corrected chi connectivity index (χ0v) is 15.5. The highest BCUT2D eigenvalue weighted by Crippen LogP contribution is 2.18. The lowest BCUT2D eigenvalue weighted by atomic mass is 10.3. The van der Waals surface area contributed by atoms with Crippen LogP contribution in [0.1, 0.15) is 27.7 Å². The Hall–Kier alpha value is -2.54. The summed E-state index contributed by atoms with van der Waals surface area (Å²) in [7, 11) is 1.87. The molecule has 0 saturated carbocycles. The molecule has 2 heterocycles. The number of nitrogens with zero attached hydrogens (tertiary/aromatic N) is 2. The van der Waals surface area contributed by atoms with Crippen molar-refractivity contribution in [1.82, 2.24) is 15.1 Å². The molecular weight excluding hydrogens is 386 g/mol. The summed E-state index contributed by atoms with van der Waals surface area (Å²) < 4.78 is 13.9. The zero-order chi connectivity index (χ0) is 17.8. The number of benzene rings is 1. The summed E-state index contributed by atoms with van der Waals surface area (Å²) in [5.74, 6) is 1.29. The topological polar surface area (TPSA) is 69.3 Å². The highest BCUT2D eigenvalue weighted by molar-refractivity contribution is 9.10. The Morgan fingerprint density at radius 1 is 1.28 bits per heavy atom. The van der Waals surface area contributed by atoms with Gasteiger partial charge in [0.05, 0.1) is 12.2 Å². The van der Waals surface area contributed by atoms with Crippen LogP contribution in [0.25, 0.3) is 0 Å². The molecule has 3 rings (SSSR count). The van der Waals surface area contributed by atoms with Crippen LogP contribution >= 0.6 is 15.9 Å². The Labute approximate surface area is 153 Å². The van der Waals surface area contributed by atoms with E-state index < -0.39 is 0 Å². The Kier molecular flexibility index (Phi) is 5.23. The van der Waals surface area contributed by atoms with E-state index in [1.165, 1.54) is 0 Å². The molecule has 1 N–H and O–H groups in total. The number of hydrogen-bond acceptors (Lipinski definition) is 4. The summed E-state index contributed by atoms with van der Waals surface area (Å²) in [5, 5.41) is 7.09. The molecule has 7 heteroatoms. The maximum Gasteiger partial charge on any atom is 0.287 e. The van der Waals surface area contributed by atoms with Gasteiger partial charge in [-0.2, -0.15) is 5.10 Å². The van der Waals surface area contributed by atoms with Crippen molar-refractivity contribution < 1.29 is 13.9 Å². The molecule has 0 spiro atoms. The number of carbonyl (C=O) groups excluding carboxylic acids is 1. The Balaban J connectivity index is 1.53. The number of halogens is 1. The van der Waals surface area contributed by atoms with Crippen LogP contribution in [0.5, 0.6) is 5.75 Å². The van der Waals surface area contributed by atoms with Crippen molar-refractivity contribution >= 4 is 21.8 Å². The molecule has 0 fully saturated rings. The third-order valence-corrected chi connectivity index (χ3v) is 4.20. The van der Waals surface area contributed by atoms with Gasteiger partial charge < -0.3 is 14.5 Å². The fourth-order valence-electron chi connectivity index (χ4n) is 2.24. The van der Waals surface area contributed by atoms with E-state index in [1.807, 2.05) is 44.3 Å². The first-order valence-corrected chi connectivity index (χ1v) is 8.55. The van der Waals surface area contributed by atoms with Gasteiger partial charge in [-0.05, 0) is 49.4 Å². The normalized spacial score (nSPS) is 10.7. The summed E-state index contributed by atoms with van der Waals surface area (Å²) in [5.41, 5.74) is 1.84. The predicted octanol–water partition coefficient (Wildman–Crippen LogP) is 3.59. The van der Waals surface area contributed by atoms with Gasteiger partial charge in [0.1, 0.15) is 18.1 Å². The van der Waals surface area contributed by atoms with Gasteiger partial charge in [-0.15, -0.1) is 0 Å². The second-order valence-corrected chi connectivity index (χ2v) is 6.51. The van der Waals surface area contributed by atoms with E-state index in [0.29, 0.717) is 12.3 Å². The number of amides is 1. The first-order valence-electron chi connectivity index (χ1n) is 7.76. The van der Waals surface area contributed by atoms with Crippen molar-refractivity contribution in [2.24, 2.45) is 7.05 Å². The largest absolute Gasteiger partial charge is 0.486 e. The van der Waals surface area contributed by atoms with Crippen LogP contribution < -0.4 is 10.1 Å². The number of hydrogen-bond donors (Lipinski definition) is 1. The van der Waals surface area contributed by atoms with E-state index in [0.717, 1.165) is 21.6 Å². The van der Waals surface area contributed by atoms with Crippen LogP contribution in [0, 0.1) is 6.92 Å². The van der Waals surface area contributed by atoms with E-state index >= 15 is 0 Å². The standard InChI is InChI=1S/C18H18BrN3O3/c1-12-9-14(21-22(12)2)10-20-18(23)17-8-7-16(25-17)11-24-15-5-3-13(19)4-6-15/h3-9H,10-11H2,1-2H3,(H,20,23). The van der Waals surface area contributed by atoms with E-state index in [-0.39, 0.29) is 18.3 Å². The number of furan rings is 1. The van der Waals surface area contributed by atoms with Crippen molar-refractivity contribution in [3.63, 3.8) is 0 Å². The molecule has 1 aromatic carbocycles. The van der Waals surface area contributed by atoms with E-state index in [4.69, 9.17) is 9.15 Å². The Bertz CT molecular complexity index is 849. The number of aryl methyl sites for hydroxylation is 2. The summed E-state index contributed by atoms with van der Waals surface area (Å²) in [6.07, 6.45) is 0. The minimum Gasteiger partial charge on any atom is -0.486 e. The first-order chi connectivity index (χ1) is 12.0.